The van der Waals surface area contributed by atoms with Gasteiger partial charge in [-0.15, -0.1) is 12.6 Å². The lowest BCUT2D eigenvalue weighted by atomic mass is 9.70. The van der Waals surface area contributed by atoms with Crippen LogP contribution in [0.15, 0.2) is 30.3 Å². The molecule has 0 amide bonds. The van der Waals surface area contributed by atoms with Gasteiger partial charge in [-0.25, -0.2) is 0 Å². The van der Waals surface area contributed by atoms with Gasteiger partial charge in [0.15, 0.2) is 4.93 Å². The van der Waals surface area contributed by atoms with Crippen LogP contribution in [0.3, 0.4) is 0 Å². The van der Waals surface area contributed by atoms with Gasteiger partial charge in [0.25, 0.3) is 0 Å². The van der Waals surface area contributed by atoms with Gasteiger partial charge in [-0.05, 0) is 29.7 Å². The molecule has 2 rings (SSSR count). The molecule has 0 spiro atoms. The summed E-state index contributed by atoms with van der Waals surface area (Å²) in [4.78, 5) is -1.65. The van der Waals surface area contributed by atoms with E-state index in [1.807, 2.05) is 18.2 Å². The Balaban J connectivity index is 2.51. The first kappa shape index (κ1) is 17.3. The molecule has 1 aromatic carbocycles. The topological polar surface area (TPSA) is 79.2 Å². The zero-order chi connectivity index (χ0) is 16.4. The molecule has 0 aliphatic heterocycles. The molecule has 0 fully saturated rings. The van der Waals surface area contributed by atoms with E-state index in [9.17, 15) is 15.3 Å². The first-order valence-electron chi connectivity index (χ1n) is 6.99. The average molecular weight is 326 g/mol. The van der Waals surface area contributed by atoms with Gasteiger partial charge in [-0.2, -0.15) is 0 Å². The summed E-state index contributed by atoms with van der Waals surface area (Å²) in [5.41, 5.74) is 0.343. The van der Waals surface area contributed by atoms with Gasteiger partial charge >= 0.3 is 0 Å². The molecule has 1 aromatic rings. The molecule has 2 unspecified atom stereocenters. The largest absolute Gasteiger partial charge is 0.497 e. The zero-order valence-corrected chi connectivity index (χ0v) is 13.6. The smallest absolute Gasteiger partial charge is 0.160 e. The maximum Gasteiger partial charge on any atom is 0.160 e. The van der Waals surface area contributed by atoms with E-state index in [2.05, 4.69) is 12.6 Å². The number of rotatable bonds is 5. The van der Waals surface area contributed by atoms with Crippen LogP contribution in [-0.2, 0) is 4.74 Å². The van der Waals surface area contributed by atoms with Crippen LogP contribution in [0.5, 0.6) is 5.75 Å². The third-order valence-corrected chi connectivity index (χ3v) is 4.75. The molecule has 22 heavy (non-hydrogen) atoms. The van der Waals surface area contributed by atoms with E-state index in [1.165, 1.54) is 7.11 Å². The SMILES string of the molecule is COc1cccc(C2=CCC(CO)(CO)C(OC)C2(O)S)c1. The fourth-order valence-electron chi connectivity index (χ4n) is 3.01. The predicted octanol–water partition coefficient (Wildman–Crippen LogP) is 1.09. The summed E-state index contributed by atoms with van der Waals surface area (Å²) < 4.78 is 10.6. The Kier molecular flexibility index (Phi) is 5.19. The van der Waals surface area contributed by atoms with Gasteiger partial charge in [0, 0.05) is 7.11 Å². The summed E-state index contributed by atoms with van der Waals surface area (Å²) in [5.74, 6) is 0.664. The maximum atomic E-state index is 10.9. The molecule has 3 N–H and O–H groups in total. The molecule has 0 radical (unpaired) electrons. The van der Waals surface area contributed by atoms with Crippen molar-refractivity contribution in [1.29, 1.82) is 0 Å². The molecule has 0 bridgehead atoms. The van der Waals surface area contributed by atoms with Crippen LogP contribution in [0, 0.1) is 5.41 Å². The maximum absolute atomic E-state index is 10.9. The summed E-state index contributed by atoms with van der Waals surface area (Å²) in [6.07, 6.45) is 1.29. The highest BCUT2D eigenvalue weighted by Crippen LogP contribution is 2.48. The number of methoxy groups -OCH3 is 2. The second-order valence-corrected chi connectivity index (χ2v) is 6.26. The Morgan fingerprint density at radius 1 is 1.27 bits per heavy atom. The standard InChI is InChI=1S/C16H22O5S/c1-20-12-5-3-4-11(8-12)13-6-7-15(9-17,10-18)14(21-2)16(13,19)22/h3-6,8,14,17-19,22H,7,9-10H2,1-2H3. The minimum Gasteiger partial charge on any atom is -0.497 e. The minimum atomic E-state index is -1.65. The van der Waals surface area contributed by atoms with Gasteiger partial charge in [-0.3, -0.25) is 0 Å². The summed E-state index contributed by atoms with van der Waals surface area (Å²) in [6.45, 7) is -0.625. The van der Waals surface area contributed by atoms with Crippen LogP contribution in [0.1, 0.15) is 12.0 Å². The van der Waals surface area contributed by atoms with E-state index in [0.29, 0.717) is 17.7 Å². The fraction of sp³-hybridized carbons (Fsp3) is 0.500. The van der Waals surface area contributed by atoms with Crippen LogP contribution < -0.4 is 4.74 Å². The molecular formula is C16H22O5S. The van der Waals surface area contributed by atoms with Crippen molar-refractivity contribution in [2.24, 2.45) is 5.41 Å². The van der Waals surface area contributed by atoms with Crippen molar-refractivity contribution >= 4 is 18.2 Å². The van der Waals surface area contributed by atoms with Gasteiger partial charge in [0.1, 0.15) is 11.9 Å². The van der Waals surface area contributed by atoms with Crippen molar-refractivity contribution in [2.75, 3.05) is 27.4 Å². The molecule has 1 aliphatic carbocycles. The van der Waals surface area contributed by atoms with E-state index >= 15 is 0 Å². The summed E-state index contributed by atoms with van der Waals surface area (Å²) in [7, 11) is 3.00. The van der Waals surface area contributed by atoms with Crippen molar-refractivity contribution in [3.63, 3.8) is 0 Å². The Hall–Kier alpha value is -1.05. The second kappa shape index (κ2) is 6.60. The van der Waals surface area contributed by atoms with Crippen LogP contribution in [0.25, 0.3) is 5.57 Å². The van der Waals surface area contributed by atoms with Crippen molar-refractivity contribution in [2.45, 2.75) is 17.5 Å². The predicted molar refractivity (Wildman–Crippen MR) is 86.9 cm³/mol. The number of allylic oxidation sites excluding steroid dienone is 1. The lowest BCUT2D eigenvalue weighted by Crippen LogP contribution is -2.56. The third kappa shape index (κ3) is 2.77. The van der Waals surface area contributed by atoms with Gasteiger partial charge in [-0.1, -0.05) is 18.2 Å². The minimum absolute atomic E-state index is 0.313. The number of thiol groups is 1. The molecule has 5 nitrogen and oxygen atoms in total. The molecule has 1 aliphatic rings. The van der Waals surface area contributed by atoms with E-state index in [1.54, 1.807) is 19.3 Å². The third-order valence-electron chi connectivity index (χ3n) is 4.28. The highest BCUT2D eigenvalue weighted by Gasteiger charge is 2.53. The number of hydrogen-bond donors (Lipinski definition) is 4. The Morgan fingerprint density at radius 2 is 1.95 bits per heavy atom. The second-order valence-electron chi connectivity index (χ2n) is 5.57. The molecule has 2 atom stereocenters. The van der Waals surface area contributed by atoms with E-state index in [0.717, 1.165) is 5.56 Å². The van der Waals surface area contributed by atoms with Crippen LogP contribution >= 0.6 is 12.6 Å². The fourth-order valence-corrected chi connectivity index (χ4v) is 3.61. The lowest BCUT2D eigenvalue weighted by Gasteiger charge is -2.47. The van der Waals surface area contributed by atoms with Crippen molar-refractivity contribution in [3.05, 3.63) is 35.9 Å². The quantitative estimate of drug-likeness (QED) is 0.481. The first-order chi connectivity index (χ1) is 10.4. The number of benzene rings is 1. The normalized spacial score (nSPS) is 27.4. The molecule has 6 heteroatoms. The van der Waals surface area contributed by atoms with Crippen LogP contribution in [0.2, 0.25) is 0 Å². The monoisotopic (exact) mass is 326 g/mol. The van der Waals surface area contributed by atoms with Crippen LogP contribution in [0.4, 0.5) is 0 Å². The number of aliphatic hydroxyl groups excluding tert-OH is 2. The van der Waals surface area contributed by atoms with Crippen molar-refractivity contribution < 1.29 is 24.8 Å². The number of hydrogen-bond acceptors (Lipinski definition) is 6. The Morgan fingerprint density at radius 3 is 2.50 bits per heavy atom. The highest BCUT2D eigenvalue weighted by molar-refractivity contribution is 7.82. The van der Waals surface area contributed by atoms with E-state index in [4.69, 9.17) is 9.47 Å². The molecule has 0 saturated heterocycles. The van der Waals surface area contributed by atoms with Crippen molar-refractivity contribution in [3.8, 4) is 5.75 Å². The van der Waals surface area contributed by atoms with Gasteiger partial charge in [0.05, 0.1) is 25.7 Å². The highest BCUT2D eigenvalue weighted by atomic mass is 32.1. The number of ether oxygens (including phenoxy) is 2. The Bertz CT molecular complexity index is 551. The first-order valence-corrected chi connectivity index (χ1v) is 7.44. The summed E-state index contributed by atoms with van der Waals surface area (Å²) in [5, 5.41) is 30.3. The molecule has 0 saturated carbocycles. The van der Waals surface area contributed by atoms with Gasteiger partial charge < -0.3 is 24.8 Å². The van der Waals surface area contributed by atoms with Gasteiger partial charge in [0.2, 0.25) is 0 Å². The summed E-state index contributed by atoms with van der Waals surface area (Å²) in [6, 6.07) is 7.27. The Labute approximate surface area is 135 Å². The molecule has 122 valence electrons. The zero-order valence-electron chi connectivity index (χ0n) is 12.7. The number of aliphatic hydroxyl groups is 3. The van der Waals surface area contributed by atoms with E-state index < -0.39 is 16.5 Å². The molecule has 0 heterocycles. The van der Waals surface area contributed by atoms with Crippen LogP contribution in [-0.4, -0.2) is 53.8 Å². The lowest BCUT2D eigenvalue weighted by molar-refractivity contribution is -0.124. The molecule has 0 aromatic heterocycles. The molecular weight excluding hydrogens is 304 g/mol. The van der Waals surface area contributed by atoms with E-state index in [-0.39, 0.29) is 13.2 Å². The average Bonchev–Trinajstić information content (AvgIpc) is 2.53. The summed E-state index contributed by atoms with van der Waals surface area (Å²) >= 11 is 4.38. The van der Waals surface area contributed by atoms with Crippen molar-refractivity contribution in [1.82, 2.24) is 0 Å².